The van der Waals surface area contributed by atoms with Gasteiger partial charge in [-0.25, -0.2) is 0 Å². The topological polar surface area (TPSA) is 44.4 Å². The highest BCUT2D eigenvalue weighted by atomic mass is 16.2. The van der Waals surface area contributed by atoms with Crippen LogP contribution in [0.15, 0.2) is 0 Å². The lowest BCUT2D eigenvalue weighted by Gasteiger charge is -2.30. The summed E-state index contributed by atoms with van der Waals surface area (Å²) in [5.41, 5.74) is 0.374. The highest BCUT2D eigenvalue weighted by Gasteiger charge is 2.57. The monoisotopic (exact) mass is 307 g/mol. The van der Waals surface area contributed by atoms with Crippen LogP contribution in [-0.2, 0) is 4.79 Å². The molecule has 2 heterocycles. The van der Waals surface area contributed by atoms with Crippen LogP contribution >= 0.6 is 0 Å². The maximum atomic E-state index is 12.2. The largest absolute Gasteiger partial charge is 0.356 e. The minimum absolute atomic E-state index is 0.317. The first-order valence-corrected chi connectivity index (χ1v) is 9.40. The van der Waals surface area contributed by atoms with Crippen molar-refractivity contribution in [3.05, 3.63) is 0 Å². The molecule has 0 aromatic rings. The van der Waals surface area contributed by atoms with Crippen molar-refractivity contribution in [2.75, 3.05) is 39.3 Å². The van der Waals surface area contributed by atoms with E-state index in [1.54, 1.807) is 0 Å². The Labute approximate surface area is 135 Å². The number of rotatable bonds is 6. The van der Waals surface area contributed by atoms with Crippen LogP contribution in [0.25, 0.3) is 0 Å². The average molecular weight is 307 g/mol. The van der Waals surface area contributed by atoms with E-state index in [9.17, 15) is 4.79 Å². The number of nitrogens with zero attached hydrogens (tertiary/aromatic N) is 1. The third-order valence-corrected chi connectivity index (χ3v) is 6.05. The zero-order valence-electron chi connectivity index (χ0n) is 14.2. The average Bonchev–Trinajstić information content (AvgIpc) is 3.21. The Hall–Kier alpha value is -0.610. The maximum absolute atomic E-state index is 12.2. The molecule has 3 fully saturated rings. The lowest BCUT2D eigenvalue weighted by molar-refractivity contribution is -0.123. The van der Waals surface area contributed by atoms with E-state index >= 15 is 0 Å². The molecule has 0 radical (unpaired) electrons. The molecule has 3 rings (SSSR count). The molecular weight excluding hydrogens is 274 g/mol. The molecular formula is C18H33N3O. The predicted molar refractivity (Wildman–Crippen MR) is 89.7 cm³/mol. The number of amides is 1. The minimum Gasteiger partial charge on any atom is -0.356 e. The van der Waals surface area contributed by atoms with Gasteiger partial charge in [0.2, 0.25) is 5.91 Å². The summed E-state index contributed by atoms with van der Waals surface area (Å²) in [5.74, 6) is 1.51. The molecule has 1 saturated carbocycles. The molecule has 1 spiro atoms. The highest BCUT2D eigenvalue weighted by Crippen LogP contribution is 2.58. The van der Waals surface area contributed by atoms with E-state index < -0.39 is 0 Å². The SMILES string of the molecule is CC1CCCN(CCCCNC(=O)C2CC23CCNCC3)C1. The first kappa shape index (κ1) is 16.3. The third kappa shape index (κ3) is 4.02. The molecule has 3 aliphatic rings. The van der Waals surface area contributed by atoms with Crippen molar-refractivity contribution in [3.63, 3.8) is 0 Å². The lowest BCUT2D eigenvalue weighted by Crippen LogP contribution is -2.36. The Balaban J connectivity index is 1.25. The molecule has 1 aliphatic carbocycles. The molecule has 0 aromatic heterocycles. The fourth-order valence-electron chi connectivity index (χ4n) is 4.48. The van der Waals surface area contributed by atoms with Crippen LogP contribution in [0.2, 0.25) is 0 Å². The number of hydrogen-bond acceptors (Lipinski definition) is 3. The van der Waals surface area contributed by atoms with Crippen molar-refractivity contribution in [2.45, 2.75) is 51.9 Å². The molecule has 4 heteroatoms. The zero-order valence-corrected chi connectivity index (χ0v) is 14.2. The van der Waals surface area contributed by atoms with Gasteiger partial charge in [-0.05, 0) is 82.5 Å². The van der Waals surface area contributed by atoms with Gasteiger partial charge in [-0.15, -0.1) is 0 Å². The fraction of sp³-hybridized carbons (Fsp3) is 0.944. The molecule has 22 heavy (non-hydrogen) atoms. The van der Waals surface area contributed by atoms with Gasteiger partial charge in [0.05, 0.1) is 0 Å². The summed E-state index contributed by atoms with van der Waals surface area (Å²) in [6, 6.07) is 0. The number of likely N-dealkylation sites (tertiary alicyclic amines) is 1. The van der Waals surface area contributed by atoms with Crippen LogP contribution in [0.1, 0.15) is 51.9 Å². The number of piperidine rings is 2. The van der Waals surface area contributed by atoms with Gasteiger partial charge in [0, 0.05) is 19.0 Å². The van der Waals surface area contributed by atoms with Gasteiger partial charge in [0.15, 0.2) is 0 Å². The molecule has 4 nitrogen and oxygen atoms in total. The standard InChI is InChI=1S/C18H33N3O/c1-15-5-4-12-21(14-15)11-3-2-8-20-17(22)16-13-18(16)6-9-19-10-7-18/h15-16,19H,2-14H2,1H3,(H,20,22). The number of carbonyl (C=O) groups is 1. The Kier molecular flexibility index (Phi) is 5.40. The Morgan fingerprint density at radius 3 is 2.91 bits per heavy atom. The van der Waals surface area contributed by atoms with Crippen LogP contribution in [0.3, 0.4) is 0 Å². The summed E-state index contributed by atoms with van der Waals surface area (Å²) in [6.07, 6.45) is 8.61. The second-order valence-corrected chi connectivity index (χ2v) is 7.92. The predicted octanol–water partition coefficient (Wildman–Crippen LogP) is 2.00. The summed E-state index contributed by atoms with van der Waals surface area (Å²) in [4.78, 5) is 14.8. The summed E-state index contributed by atoms with van der Waals surface area (Å²) in [5, 5.41) is 6.58. The van der Waals surface area contributed by atoms with E-state index in [-0.39, 0.29) is 0 Å². The minimum atomic E-state index is 0.317. The van der Waals surface area contributed by atoms with Gasteiger partial charge in [-0.2, -0.15) is 0 Å². The van der Waals surface area contributed by atoms with Gasteiger partial charge >= 0.3 is 0 Å². The normalized spacial score (nSPS) is 31.1. The summed E-state index contributed by atoms with van der Waals surface area (Å²) < 4.78 is 0. The first-order valence-electron chi connectivity index (χ1n) is 9.40. The van der Waals surface area contributed by atoms with Crippen LogP contribution < -0.4 is 10.6 Å². The van der Waals surface area contributed by atoms with Crippen molar-refractivity contribution in [1.82, 2.24) is 15.5 Å². The summed E-state index contributed by atoms with van der Waals surface area (Å²) in [7, 11) is 0. The summed E-state index contributed by atoms with van der Waals surface area (Å²) >= 11 is 0. The first-order chi connectivity index (χ1) is 10.7. The number of unbranched alkanes of at least 4 members (excludes halogenated alkanes) is 1. The Bertz CT molecular complexity index is 379. The summed E-state index contributed by atoms with van der Waals surface area (Å²) in [6.45, 7) is 9.17. The molecule has 2 unspecified atom stereocenters. The van der Waals surface area contributed by atoms with Crippen LogP contribution in [0.5, 0.6) is 0 Å². The lowest BCUT2D eigenvalue weighted by atomic mass is 9.92. The van der Waals surface area contributed by atoms with Gasteiger partial charge < -0.3 is 15.5 Å². The van der Waals surface area contributed by atoms with Crippen molar-refractivity contribution in [3.8, 4) is 0 Å². The van der Waals surface area contributed by atoms with Crippen molar-refractivity contribution >= 4 is 5.91 Å². The van der Waals surface area contributed by atoms with E-state index in [4.69, 9.17) is 0 Å². The molecule has 0 aromatic carbocycles. The van der Waals surface area contributed by atoms with E-state index in [2.05, 4.69) is 22.5 Å². The van der Waals surface area contributed by atoms with E-state index in [0.717, 1.165) is 38.4 Å². The van der Waals surface area contributed by atoms with Crippen molar-refractivity contribution in [2.24, 2.45) is 17.3 Å². The molecule has 2 aliphatic heterocycles. The quantitative estimate of drug-likeness (QED) is 0.738. The molecule has 0 bridgehead atoms. The van der Waals surface area contributed by atoms with E-state index in [0.29, 0.717) is 17.2 Å². The molecule has 2 atom stereocenters. The molecule has 126 valence electrons. The van der Waals surface area contributed by atoms with Gasteiger partial charge in [-0.1, -0.05) is 6.92 Å². The van der Waals surface area contributed by atoms with E-state index in [1.165, 1.54) is 51.7 Å². The molecule has 1 amide bonds. The van der Waals surface area contributed by atoms with Crippen LogP contribution in [-0.4, -0.2) is 50.1 Å². The fourth-order valence-corrected chi connectivity index (χ4v) is 4.48. The number of carbonyl (C=O) groups excluding carboxylic acids is 1. The van der Waals surface area contributed by atoms with Crippen LogP contribution in [0.4, 0.5) is 0 Å². The van der Waals surface area contributed by atoms with E-state index in [1.807, 2.05) is 0 Å². The number of nitrogens with one attached hydrogen (secondary N) is 2. The Morgan fingerprint density at radius 1 is 1.32 bits per heavy atom. The van der Waals surface area contributed by atoms with Gasteiger partial charge in [-0.3, -0.25) is 4.79 Å². The zero-order chi connectivity index (χ0) is 15.4. The third-order valence-electron chi connectivity index (χ3n) is 6.05. The highest BCUT2D eigenvalue weighted by molar-refractivity contribution is 5.82. The Morgan fingerprint density at radius 2 is 2.14 bits per heavy atom. The second kappa shape index (κ2) is 7.31. The van der Waals surface area contributed by atoms with Gasteiger partial charge in [0.25, 0.3) is 0 Å². The maximum Gasteiger partial charge on any atom is 0.223 e. The van der Waals surface area contributed by atoms with Crippen LogP contribution in [0, 0.1) is 17.3 Å². The van der Waals surface area contributed by atoms with Crippen molar-refractivity contribution in [1.29, 1.82) is 0 Å². The smallest absolute Gasteiger partial charge is 0.223 e. The number of hydrogen-bond donors (Lipinski definition) is 2. The second-order valence-electron chi connectivity index (χ2n) is 7.92. The van der Waals surface area contributed by atoms with Gasteiger partial charge in [0.1, 0.15) is 0 Å². The molecule has 2 saturated heterocycles. The van der Waals surface area contributed by atoms with Crippen molar-refractivity contribution < 1.29 is 4.79 Å². The molecule has 2 N–H and O–H groups in total.